The van der Waals surface area contributed by atoms with Crippen molar-refractivity contribution in [2.24, 2.45) is 5.41 Å². The van der Waals surface area contributed by atoms with Crippen molar-refractivity contribution in [3.63, 3.8) is 0 Å². The van der Waals surface area contributed by atoms with Gasteiger partial charge in [-0.25, -0.2) is 0 Å². The Kier molecular flexibility index (Phi) is 3.09. The summed E-state index contributed by atoms with van der Waals surface area (Å²) in [5.41, 5.74) is 2.98. The molecule has 2 aromatic rings. The quantitative estimate of drug-likeness (QED) is 0.892. The van der Waals surface area contributed by atoms with Gasteiger partial charge >= 0.3 is 0 Å². The number of rotatable bonds is 5. The molecule has 1 N–H and O–H groups in total. The summed E-state index contributed by atoms with van der Waals surface area (Å²) in [6, 6.07) is 9.11. The van der Waals surface area contributed by atoms with Crippen molar-refractivity contribution >= 4 is 10.9 Å². The number of para-hydroxylation sites is 1. The molecule has 3 rings (SSSR count). The van der Waals surface area contributed by atoms with Crippen LogP contribution in [0.5, 0.6) is 0 Å². The number of hydrogen-bond acceptors (Lipinski definition) is 2. The number of nitrogens with zero attached hydrogens (tertiary/aromatic N) is 2. The fourth-order valence-electron chi connectivity index (χ4n) is 3.02. The summed E-state index contributed by atoms with van der Waals surface area (Å²) in [6.07, 6.45) is 3.70. The van der Waals surface area contributed by atoms with Crippen molar-refractivity contribution in [2.45, 2.75) is 45.7 Å². The molecule has 1 aliphatic rings. The van der Waals surface area contributed by atoms with Crippen LogP contribution in [-0.4, -0.2) is 22.9 Å². The Bertz CT molecular complexity index is 581. The lowest BCUT2D eigenvalue weighted by molar-refractivity contribution is 0.373. The minimum Gasteiger partial charge on any atom is -0.316 e. The normalized spacial score (nSPS) is 18.7. The standard InChI is InChI=1S/C16H23N3/c1-4-19-14-8-6-5-7-12(14)13(18-19)11-15(17-3)16(2)9-10-16/h5-8,15,17H,4,9-11H2,1-3H3. The predicted octanol–water partition coefficient (Wildman–Crippen LogP) is 2.99. The molecule has 0 amide bonds. The van der Waals surface area contributed by atoms with Crippen LogP contribution in [0, 0.1) is 5.41 Å². The van der Waals surface area contributed by atoms with Crippen LogP contribution in [0.15, 0.2) is 24.3 Å². The third-order valence-corrected chi connectivity index (χ3v) is 4.66. The highest BCUT2D eigenvalue weighted by Crippen LogP contribution is 2.49. The first-order chi connectivity index (χ1) is 9.18. The molecule has 19 heavy (non-hydrogen) atoms. The van der Waals surface area contributed by atoms with Crippen LogP contribution in [0.2, 0.25) is 0 Å². The lowest BCUT2D eigenvalue weighted by atomic mass is 9.94. The van der Waals surface area contributed by atoms with E-state index >= 15 is 0 Å². The fraction of sp³-hybridized carbons (Fsp3) is 0.562. The van der Waals surface area contributed by atoms with E-state index in [1.165, 1.54) is 29.4 Å². The predicted molar refractivity (Wildman–Crippen MR) is 79.3 cm³/mol. The Hall–Kier alpha value is -1.35. The molecule has 0 spiro atoms. The van der Waals surface area contributed by atoms with E-state index in [-0.39, 0.29) is 0 Å². The molecule has 1 heterocycles. The van der Waals surface area contributed by atoms with Gasteiger partial charge in [-0.05, 0) is 38.3 Å². The van der Waals surface area contributed by atoms with Crippen molar-refractivity contribution in [3.8, 4) is 0 Å². The van der Waals surface area contributed by atoms with E-state index in [2.05, 4.69) is 55.2 Å². The first kappa shape index (κ1) is 12.7. The highest BCUT2D eigenvalue weighted by atomic mass is 15.3. The van der Waals surface area contributed by atoms with Gasteiger partial charge in [0.25, 0.3) is 0 Å². The molecule has 102 valence electrons. The summed E-state index contributed by atoms with van der Waals surface area (Å²) in [5, 5.41) is 9.62. The summed E-state index contributed by atoms with van der Waals surface area (Å²) in [4.78, 5) is 0. The zero-order chi connectivity index (χ0) is 13.5. The maximum Gasteiger partial charge on any atom is 0.0719 e. The minimum absolute atomic E-state index is 0.478. The number of benzene rings is 1. The van der Waals surface area contributed by atoms with Gasteiger partial charge in [0.1, 0.15) is 0 Å². The Morgan fingerprint density at radius 1 is 1.37 bits per heavy atom. The highest BCUT2D eigenvalue weighted by Gasteiger charge is 2.44. The number of nitrogens with one attached hydrogen (secondary N) is 1. The number of fused-ring (bicyclic) bond motifs is 1. The molecule has 3 nitrogen and oxygen atoms in total. The van der Waals surface area contributed by atoms with Gasteiger partial charge in [0.15, 0.2) is 0 Å². The largest absolute Gasteiger partial charge is 0.316 e. The molecular weight excluding hydrogens is 234 g/mol. The van der Waals surface area contributed by atoms with E-state index in [9.17, 15) is 0 Å². The average Bonchev–Trinajstić information content (AvgIpc) is 3.08. The number of aromatic nitrogens is 2. The van der Waals surface area contributed by atoms with Gasteiger partial charge in [0.2, 0.25) is 0 Å². The smallest absolute Gasteiger partial charge is 0.0719 e. The van der Waals surface area contributed by atoms with Gasteiger partial charge in [-0.1, -0.05) is 25.1 Å². The summed E-state index contributed by atoms with van der Waals surface area (Å²) in [6.45, 7) is 5.47. The van der Waals surface area contributed by atoms with E-state index in [1.807, 2.05) is 0 Å². The van der Waals surface area contributed by atoms with E-state index < -0.39 is 0 Å². The zero-order valence-corrected chi connectivity index (χ0v) is 12.1. The van der Waals surface area contributed by atoms with Crippen LogP contribution in [-0.2, 0) is 13.0 Å². The third-order valence-electron chi connectivity index (χ3n) is 4.66. The van der Waals surface area contributed by atoms with Crippen LogP contribution >= 0.6 is 0 Å². The van der Waals surface area contributed by atoms with Gasteiger partial charge < -0.3 is 5.32 Å². The molecule has 3 heteroatoms. The van der Waals surface area contributed by atoms with Crippen molar-refractivity contribution in [1.29, 1.82) is 0 Å². The lowest BCUT2D eigenvalue weighted by Gasteiger charge is -2.22. The second-order valence-corrected chi connectivity index (χ2v) is 5.98. The van der Waals surface area contributed by atoms with Crippen LogP contribution in [0.25, 0.3) is 10.9 Å². The van der Waals surface area contributed by atoms with Gasteiger partial charge in [-0.2, -0.15) is 5.10 Å². The molecule has 1 aliphatic carbocycles. The SMILES string of the molecule is CCn1nc(CC(NC)C2(C)CC2)c2ccccc21. The van der Waals surface area contributed by atoms with Crippen LogP contribution in [0.1, 0.15) is 32.4 Å². The fourth-order valence-corrected chi connectivity index (χ4v) is 3.02. The van der Waals surface area contributed by atoms with Gasteiger partial charge in [0, 0.05) is 24.4 Å². The first-order valence-corrected chi connectivity index (χ1v) is 7.29. The highest BCUT2D eigenvalue weighted by molar-refractivity contribution is 5.82. The topological polar surface area (TPSA) is 29.9 Å². The molecule has 1 atom stereocenters. The molecule has 1 aromatic carbocycles. The lowest BCUT2D eigenvalue weighted by Crippen LogP contribution is -2.35. The molecule has 0 radical (unpaired) electrons. The van der Waals surface area contributed by atoms with Gasteiger partial charge in [0.05, 0.1) is 11.2 Å². The summed E-state index contributed by atoms with van der Waals surface area (Å²) < 4.78 is 2.12. The van der Waals surface area contributed by atoms with Gasteiger partial charge in [-0.15, -0.1) is 0 Å². The molecule has 1 saturated carbocycles. The number of hydrogen-bond donors (Lipinski definition) is 1. The molecule has 0 aliphatic heterocycles. The van der Waals surface area contributed by atoms with Crippen molar-refractivity contribution in [3.05, 3.63) is 30.0 Å². The third kappa shape index (κ3) is 2.16. The molecule has 1 fully saturated rings. The van der Waals surface area contributed by atoms with Gasteiger partial charge in [-0.3, -0.25) is 4.68 Å². The monoisotopic (exact) mass is 257 g/mol. The van der Waals surface area contributed by atoms with E-state index in [4.69, 9.17) is 5.10 Å². The van der Waals surface area contributed by atoms with Crippen LogP contribution in [0.3, 0.4) is 0 Å². The van der Waals surface area contributed by atoms with Crippen molar-refractivity contribution in [1.82, 2.24) is 15.1 Å². The zero-order valence-electron chi connectivity index (χ0n) is 12.1. The van der Waals surface area contributed by atoms with Crippen molar-refractivity contribution in [2.75, 3.05) is 7.05 Å². The maximum absolute atomic E-state index is 4.81. The summed E-state index contributed by atoms with van der Waals surface area (Å²) >= 11 is 0. The Morgan fingerprint density at radius 3 is 2.74 bits per heavy atom. The average molecular weight is 257 g/mol. The van der Waals surface area contributed by atoms with Crippen LogP contribution in [0.4, 0.5) is 0 Å². The van der Waals surface area contributed by atoms with E-state index in [0.29, 0.717) is 11.5 Å². The molecular formula is C16H23N3. The Morgan fingerprint density at radius 2 is 2.11 bits per heavy atom. The molecule has 0 saturated heterocycles. The second kappa shape index (κ2) is 4.64. The molecule has 1 aromatic heterocycles. The summed E-state index contributed by atoms with van der Waals surface area (Å²) in [7, 11) is 2.08. The Balaban J connectivity index is 1.96. The number of likely N-dealkylation sites (N-methyl/N-ethyl adjacent to an activating group) is 1. The summed E-state index contributed by atoms with van der Waals surface area (Å²) in [5.74, 6) is 0. The van der Waals surface area contributed by atoms with Crippen molar-refractivity contribution < 1.29 is 0 Å². The first-order valence-electron chi connectivity index (χ1n) is 7.29. The Labute approximate surface area is 115 Å². The molecule has 1 unspecified atom stereocenters. The number of aryl methyl sites for hydroxylation is 1. The van der Waals surface area contributed by atoms with E-state index in [0.717, 1.165) is 13.0 Å². The second-order valence-electron chi connectivity index (χ2n) is 5.98. The molecule has 0 bridgehead atoms. The van der Waals surface area contributed by atoms with Crippen LogP contribution < -0.4 is 5.32 Å². The minimum atomic E-state index is 0.478. The maximum atomic E-state index is 4.81. The van der Waals surface area contributed by atoms with E-state index in [1.54, 1.807) is 0 Å².